The molecule has 3 aliphatic rings. The quantitative estimate of drug-likeness (QED) is 0.355. The number of hydrogen-bond acceptors (Lipinski definition) is 3. The van der Waals surface area contributed by atoms with Gasteiger partial charge in [-0.3, -0.25) is 4.99 Å². The average molecular weight is 496 g/mol. The number of piperidine rings is 1. The second-order valence-corrected chi connectivity index (χ2v) is 9.61. The highest BCUT2D eigenvalue weighted by molar-refractivity contribution is 14.0. The first-order chi connectivity index (χ1) is 12.2. The first-order valence-corrected chi connectivity index (χ1v) is 11.5. The van der Waals surface area contributed by atoms with E-state index in [-0.39, 0.29) is 24.0 Å². The predicted octanol–water partition coefficient (Wildman–Crippen LogP) is 4.53. The molecule has 0 radical (unpaired) electrons. The van der Waals surface area contributed by atoms with Gasteiger partial charge >= 0.3 is 0 Å². The third-order valence-corrected chi connectivity index (χ3v) is 8.16. The third-order valence-electron chi connectivity index (χ3n) is 6.74. The lowest BCUT2D eigenvalue weighted by Gasteiger charge is -2.44. The molecule has 0 amide bonds. The topological polar surface area (TPSA) is 36.9 Å². The van der Waals surface area contributed by atoms with Crippen LogP contribution in [0.3, 0.4) is 0 Å². The van der Waals surface area contributed by atoms with Crippen LogP contribution < -0.4 is 5.32 Å². The molecule has 0 aromatic heterocycles. The number of aliphatic imine (C=N–C) groups is 1. The lowest BCUT2D eigenvalue weighted by Crippen LogP contribution is -2.53. The first-order valence-electron chi connectivity index (χ1n) is 10.3. The maximum atomic E-state index is 5.58. The van der Waals surface area contributed by atoms with E-state index in [9.17, 15) is 0 Å². The van der Waals surface area contributed by atoms with Gasteiger partial charge in [-0.15, -0.1) is 24.0 Å². The van der Waals surface area contributed by atoms with Crippen molar-refractivity contribution in [2.75, 3.05) is 46.2 Å². The van der Waals surface area contributed by atoms with Crippen molar-refractivity contribution < 1.29 is 4.74 Å². The van der Waals surface area contributed by atoms with Crippen LogP contribution in [0.4, 0.5) is 0 Å². The highest BCUT2D eigenvalue weighted by atomic mass is 127. The van der Waals surface area contributed by atoms with E-state index in [2.05, 4.69) is 21.5 Å². The lowest BCUT2D eigenvalue weighted by molar-refractivity contribution is 0.0775. The largest absolute Gasteiger partial charge is 0.381 e. The predicted molar refractivity (Wildman–Crippen MR) is 124 cm³/mol. The van der Waals surface area contributed by atoms with E-state index in [1.165, 1.54) is 57.9 Å². The van der Waals surface area contributed by atoms with Gasteiger partial charge in [0.15, 0.2) is 5.96 Å². The molecule has 26 heavy (non-hydrogen) atoms. The molecule has 1 aliphatic carbocycles. The summed E-state index contributed by atoms with van der Waals surface area (Å²) in [6.45, 7) is 5.18. The van der Waals surface area contributed by atoms with E-state index in [0.717, 1.165) is 45.1 Å². The maximum absolute atomic E-state index is 5.58. The molecule has 0 bridgehead atoms. The van der Waals surface area contributed by atoms with Crippen molar-refractivity contribution in [3.05, 3.63) is 0 Å². The number of ether oxygens (including phenoxy) is 1. The second kappa shape index (κ2) is 10.7. The van der Waals surface area contributed by atoms with E-state index < -0.39 is 0 Å². The summed E-state index contributed by atoms with van der Waals surface area (Å²) >= 11 is 2.00. The zero-order valence-electron chi connectivity index (χ0n) is 16.7. The molecule has 6 heteroatoms. The van der Waals surface area contributed by atoms with Gasteiger partial charge in [-0.1, -0.05) is 25.7 Å². The van der Waals surface area contributed by atoms with Crippen LogP contribution in [0.15, 0.2) is 4.99 Å². The normalized spacial score (nSPS) is 26.1. The van der Waals surface area contributed by atoms with Gasteiger partial charge in [0.25, 0.3) is 0 Å². The fourth-order valence-corrected chi connectivity index (χ4v) is 5.84. The van der Waals surface area contributed by atoms with Crippen LogP contribution in [-0.4, -0.2) is 61.8 Å². The van der Waals surface area contributed by atoms with Crippen LogP contribution in [0.1, 0.15) is 64.2 Å². The summed E-state index contributed by atoms with van der Waals surface area (Å²) in [5.41, 5.74) is 0.558. The Morgan fingerprint density at radius 1 is 1.04 bits per heavy atom. The summed E-state index contributed by atoms with van der Waals surface area (Å²) < 4.78 is 5.89. The summed E-state index contributed by atoms with van der Waals surface area (Å²) in [4.78, 5) is 7.21. The number of hydrogen-bond donors (Lipinski definition) is 1. The Labute approximate surface area is 181 Å². The summed E-state index contributed by atoms with van der Waals surface area (Å²) in [6.07, 6.45) is 15.8. The minimum absolute atomic E-state index is 0. The monoisotopic (exact) mass is 495 g/mol. The van der Waals surface area contributed by atoms with Gasteiger partial charge in [-0.25, -0.2) is 0 Å². The highest BCUT2D eigenvalue weighted by Crippen LogP contribution is 2.42. The molecular formula is C20H38IN3OS. The summed E-state index contributed by atoms with van der Waals surface area (Å²) in [6, 6.07) is 0. The minimum Gasteiger partial charge on any atom is -0.381 e. The van der Waals surface area contributed by atoms with E-state index in [1.54, 1.807) is 0 Å². The number of nitrogens with one attached hydrogen (secondary N) is 1. The summed E-state index contributed by atoms with van der Waals surface area (Å²) in [5.74, 6) is 1.13. The molecule has 1 saturated carbocycles. The number of halogens is 1. The van der Waals surface area contributed by atoms with E-state index in [0.29, 0.717) is 10.2 Å². The van der Waals surface area contributed by atoms with Crippen molar-refractivity contribution in [3.8, 4) is 0 Å². The van der Waals surface area contributed by atoms with Gasteiger partial charge in [0, 0.05) is 44.6 Å². The van der Waals surface area contributed by atoms with Gasteiger partial charge in [0.1, 0.15) is 0 Å². The lowest BCUT2D eigenvalue weighted by atomic mass is 9.74. The van der Waals surface area contributed by atoms with Crippen LogP contribution in [0.25, 0.3) is 0 Å². The van der Waals surface area contributed by atoms with Crippen LogP contribution >= 0.6 is 35.7 Å². The molecule has 2 heterocycles. The number of nitrogens with zero attached hydrogens (tertiary/aromatic N) is 2. The fourth-order valence-electron chi connectivity index (χ4n) is 5.04. The van der Waals surface area contributed by atoms with Crippen molar-refractivity contribution in [1.82, 2.24) is 10.2 Å². The maximum Gasteiger partial charge on any atom is 0.193 e. The molecule has 4 nitrogen and oxygen atoms in total. The number of thioether (sulfide) groups is 1. The van der Waals surface area contributed by atoms with E-state index in [4.69, 9.17) is 4.74 Å². The Kier molecular flexibility index (Phi) is 9.34. The Balaban J connectivity index is 0.00000243. The molecule has 1 N–H and O–H groups in total. The molecule has 0 aromatic rings. The number of likely N-dealkylation sites (tertiary alicyclic amines) is 1. The molecule has 3 fully saturated rings. The van der Waals surface area contributed by atoms with Crippen LogP contribution in [0, 0.1) is 5.41 Å². The molecule has 1 spiro atoms. The number of guanidine groups is 1. The highest BCUT2D eigenvalue weighted by Gasteiger charge is 2.37. The standard InChI is InChI=1S/C20H37N3OS.HI/c1-21-18(22-16-20(25-2)11-14-24-15-12-20)23-13-7-10-19(17-23)8-5-3-4-6-9-19;/h3-17H2,1-2H3,(H,21,22);1H. The van der Waals surface area contributed by atoms with E-state index in [1.807, 2.05) is 18.8 Å². The van der Waals surface area contributed by atoms with Crippen molar-refractivity contribution in [2.45, 2.75) is 69.0 Å². The Hall–Kier alpha value is 0.310. The molecule has 0 atom stereocenters. The Morgan fingerprint density at radius 3 is 2.31 bits per heavy atom. The van der Waals surface area contributed by atoms with Gasteiger partial charge in [-0.05, 0) is 50.2 Å². The zero-order chi connectivity index (χ0) is 17.6. The molecule has 152 valence electrons. The van der Waals surface area contributed by atoms with Crippen molar-refractivity contribution in [3.63, 3.8) is 0 Å². The molecular weight excluding hydrogens is 457 g/mol. The van der Waals surface area contributed by atoms with Crippen molar-refractivity contribution in [1.29, 1.82) is 0 Å². The van der Waals surface area contributed by atoms with Gasteiger partial charge < -0.3 is 15.0 Å². The SMILES string of the molecule is CN=C(NCC1(SC)CCOCC1)N1CCCC2(CCCCCC2)C1.I. The van der Waals surface area contributed by atoms with Crippen LogP contribution in [0.5, 0.6) is 0 Å². The van der Waals surface area contributed by atoms with Gasteiger partial charge in [-0.2, -0.15) is 11.8 Å². The van der Waals surface area contributed by atoms with Gasteiger partial charge in [0.2, 0.25) is 0 Å². The fraction of sp³-hybridized carbons (Fsp3) is 0.950. The number of rotatable bonds is 3. The summed E-state index contributed by atoms with van der Waals surface area (Å²) in [7, 11) is 1.95. The zero-order valence-corrected chi connectivity index (χ0v) is 19.9. The van der Waals surface area contributed by atoms with E-state index >= 15 is 0 Å². The first kappa shape index (κ1) is 22.6. The molecule has 0 unspecified atom stereocenters. The average Bonchev–Trinajstić information content (AvgIpc) is 2.88. The molecule has 0 aromatic carbocycles. The summed E-state index contributed by atoms with van der Waals surface area (Å²) in [5, 5.41) is 3.74. The molecule has 3 rings (SSSR count). The Bertz CT molecular complexity index is 446. The molecule has 2 aliphatic heterocycles. The van der Waals surface area contributed by atoms with Crippen molar-refractivity contribution >= 4 is 41.7 Å². The Morgan fingerprint density at radius 2 is 1.69 bits per heavy atom. The van der Waals surface area contributed by atoms with Crippen LogP contribution in [-0.2, 0) is 4.74 Å². The third kappa shape index (κ3) is 5.66. The van der Waals surface area contributed by atoms with Crippen molar-refractivity contribution in [2.24, 2.45) is 10.4 Å². The van der Waals surface area contributed by atoms with Gasteiger partial charge in [0.05, 0.1) is 0 Å². The molecule has 2 saturated heterocycles. The second-order valence-electron chi connectivity index (χ2n) is 8.34. The smallest absolute Gasteiger partial charge is 0.193 e. The minimum atomic E-state index is 0. The van der Waals surface area contributed by atoms with Crippen LogP contribution in [0.2, 0.25) is 0 Å².